The zero-order valence-corrected chi connectivity index (χ0v) is 13.2. The highest BCUT2D eigenvalue weighted by molar-refractivity contribution is 7.98. The molecule has 112 valence electrons. The molecule has 1 aliphatic rings. The summed E-state index contributed by atoms with van der Waals surface area (Å²) < 4.78 is 5.42. The van der Waals surface area contributed by atoms with Gasteiger partial charge in [-0.25, -0.2) is 0 Å². The third-order valence-corrected chi connectivity index (χ3v) is 4.48. The number of likely N-dealkylation sites (tertiary alicyclic amines) is 1. The van der Waals surface area contributed by atoms with Crippen LogP contribution in [0.25, 0.3) is 0 Å². The second-order valence-electron chi connectivity index (χ2n) is 5.18. The van der Waals surface area contributed by atoms with Crippen molar-refractivity contribution in [1.29, 1.82) is 0 Å². The third kappa shape index (κ3) is 4.26. The van der Waals surface area contributed by atoms with E-state index in [1.807, 2.05) is 35.4 Å². The van der Waals surface area contributed by atoms with Gasteiger partial charge in [0.25, 0.3) is 5.91 Å². The lowest BCUT2D eigenvalue weighted by molar-refractivity contribution is 0.0531. The van der Waals surface area contributed by atoms with Crippen molar-refractivity contribution in [3.63, 3.8) is 0 Å². The molecule has 1 heterocycles. The largest absolute Gasteiger partial charge is 0.368 e. The Balaban J connectivity index is 2.00. The molecule has 0 N–H and O–H groups in total. The van der Waals surface area contributed by atoms with Crippen LogP contribution in [0.15, 0.2) is 29.2 Å². The smallest absolute Gasteiger partial charge is 0.254 e. The molecule has 0 aliphatic carbocycles. The Morgan fingerprint density at radius 1 is 1.52 bits per heavy atom. The van der Waals surface area contributed by atoms with Crippen LogP contribution in [0.3, 0.4) is 0 Å². The molecule has 0 spiro atoms. The van der Waals surface area contributed by atoms with Crippen molar-refractivity contribution in [2.24, 2.45) is 5.92 Å². The van der Waals surface area contributed by atoms with Gasteiger partial charge in [-0.15, -0.1) is 18.2 Å². The number of carbonyl (C=O) groups is 1. The zero-order chi connectivity index (χ0) is 15.1. The lowest BCUT2D eigenvalue weighted by Gasteiger charge is -2.33. The number of amides is 1. The highest BCUT2D eigenvalue weighted by Crippen LogP contribution is 2.24. The molecule has 3 nitrogen and oxygen atoms in total. The van der Waals surface area contributed by atoms with Gasteiger partial charge < -0.3 is 9.64 Å². The van der Waals surface area contributed by atoms with Crippen molar-refractivity contribution in [2.45, 2.75) is 17.7 Å². The molecule has 1 fully saturated rings. The summed E-state index contributed by atoms with van der Waals surface area (Å²) in [5.74, 6) is 2.99. The normalized spacial score (nSPS) is 18.3. The molecule has 1 saturated heterocycles. The predicted molar refractivity (Wildman–Crippen MR) is 86.5 cm³/mol. The van der Waals surface area contributed by atoms with Crippen LogP contribution in [0.5, 0.6) is 0 Å². The Bertz CT molecular complexity index is 524. The SMILES string of the molecule is C#CCOCC1CCCN(C(=O)c2ccccc2SC)C1. The predicted octanol–water partition coefficient (Wildman–Crippen LogP) is 2.91. The molecule has 1 amide bonds. The summed E-state index contributed by atoms with van der Waals surface area (Å²) in [6, 6.07) is 7.79. The number of ether oxygens (including phenoxy) is 1. The van der Waals surface area contributed by atoms with Crippen LogP contribution in [0, 0.1) is 18.3 Å². The second-order valence-corrected chi connectivity index (χ2v) is 6.03. The van der Waals surface area contributed by atoms with E-state index in [9.17, 15) is 4.79 Å². The summed E-state index contributed by atoms with van der Waals surface area (Å²) in [7, 11) is 0. The highest BCUT2D eigenvalue weighted by Gasteiger charge is 2.25. The van der Waals surface area contributed by atoms with Gasteiger partial charge in [-0.2, -0.15) is 0 Å². The Hall–Kier alpha value is -1.44. The van der Waals surface area contributed by atoms with Crippen LogP contribution < -0.4 is 0 Å². The number of nitrogens with zero attached hydrogens (tertiary/aromatic N) is 1. The molecule has 1 aromatic carbocycles. The number of hydrogen-bond donors (Lipinski definition) is 0. The van der Waals surface area contributed by atoms with Gasteiger partial charge in [-0.1, -0.05) is 18.1 Å². The van der Waals surface area contributed by atoms with E-state index in [1.165, 1.54) is 0 Å². The van der Waals surface area contributed by atoms with Crippen molar-refractivity contribution >= 4 is 17.7 Å². The molecule has 0 saturated carbocycles. The molecular weight excluding hydrogens is 282 g/mol. The van der Waals surface area contributed by atoms with Crippen LogP contribution >= 0.6 is 11.8 Å². The first-order valence-electron chi connectivity index (χ1n) is 7.19. The van der Waals surface area contributed by atoms with E-state index in [4.69, 9.17) is 11.2 Å². The van der Waals surface area contributed by atoms with Gasteiger partial charge in [0.15, 0.2) is 0 Å². The van der Waals surface area contributed by atoms with Gasteiger partial charge in [-0.3, -0.25) is 4.79 Å². The number of thioether (sulfide) groups is 1. The van der Waals surface area contributed by atoms with E-state index in [1.54, 1.807) is 11.8 Å². The van der Waals surface area contributed by atoms with E-state index in [-0.39, 0.29) is 5.91 Å². The van der Waals surface area contributed by atoms with Gasteiger partial charge in [-0.05, 0) is 31.2 Å². The minimum Gasteiger partial charge on any atom is -0.368 e. The van der Waals surface area contributed by atoms with Gasteiger partial charge >= 0.3 is 0 Å². The maximum Gasteiger partial charge on any atom is 0.254 e. The summed E-state index contributed by atoms with van der Waals surface area (Å²) in [6.07, 6.45) is 9.31. The Labute approximate surface area is 131 Å². The van der Waals surface area contributed by atoms with Crippen molar-refractivity contribution in [3.8, 4) is 12.3 Å². The summed E-state index contributed by atoms with van der Waals surface area (Å²) in [4.78, 5) is 15.7. The molecule has 1 aromatic rings. The number of hydrogen-bond acceptors (Lipinski definition) is 3. The molecule has 1 aliphatic heterocycles. The first-order chi connectivity index (χ1) is 10.3. The van der Waals surface area contributed by atoms with Crippen LogP contribution in [-0.4, -0.2) is 43.4 Å². The molecule has 1 atom stereocenters. The Morgan fingerprint density at radius 2 is 2.33 bits per heavy atom. The molecular formula is C17H21NO2S. The molecule has 2 rings (SSSR count). The number of piperidine rings is 1. The van der Waals surface area contributed by atoms with Crippen LogP contribution in [0.2, 0.25) is 0 Å². The Morgan fingerprint density at radius 3 is 3.10 bits per heavy atom. The van der Waals surface area contributed by atoms with E-state index in [0.717, 1.165) is 36.4 Å². The van der Waals surface area contributed by atoms with Gasteiger partial charge in [0, 0.05) is 23.9 Å². The number of benzene rings is 1. The van der Waals surface area contributed by atoms with Gasteiger partial charge in [0.1, 0.15) is 6.61 Å². The molecule has 4 heteroatoms. The summed E-state index contributed by atoms with van der Waals surface area (Å²) in [5, 5.41) is 0. The maximum atomic E-state index is 12.7. The van der Waals surface area contributed by atoms with Gasteiger partial charge in [0.05, 0.1) is 12.2 Å². The third-order valence-electron chi connectivity index (χ3n) is 3.68. The molecule has 1 unspecified atom stereocenters. The number of carbonyl (C=O) groups excluding carboxylic acids is 1. The number of terminal acetylenes is 1. The fourth-order valence-corrected chi connectivity index (χ4v) is 3.25. The van der Waals surface area contributed by atoms with E-state index in [2.05, 4.69) is 5.92 Å². The lowest BCUT2D eigenvalue weighted by atomic mass is 9.98. The quantitative estimate of drug-likeness (QED) is 0.476. The van der Waals surface area contributed by atoms with E-state index < -0.39 is 0 Å². The highest BCUT2D eigenvalue weighted by atomic mass is 32.2. The monoisotopic (exact) mass is 303 g/mol. The van der Waals surface area contributed by atoms with Crippen LogP contribution in [0.4, 0.5) is 0 Å². The number of rotatable bonds is 5. The minimum absolute atomic E-state index is 0.126. The van der Waals surface area contributed by atoms with Crippen molar-refractivity contribution in [3.05, 3.63) is 29.8 Å². The first kappa shape index (κ1) is 15.9. The zero-order valence-electron chi connectivity index (χ0n) is 12.4. The summed E-state index contributed by atoms with van der Waals surface area (Å²) in [6.45, 7) is 2.57. The fourth-order valence-electron chi connectivity index (χ4n) is 2.66. The van der Waals surface area contributed by atoms with Crippen LogP contribution in [-0.2, 0) is 4.74 Å². The van der Waals surface area contributed by atoms with Crippen LogP contribution in [0.1, 0.15) is 23.2 Å². The van der Waals surface area contributed by atoms with E-state index >= 15 is 0 Å². The fraction of sp³-hybridized carbons (Fsp3) is 0.471. The summed E-state index contributed by atoms with van der Waals surface area (Å²) >= 11 is 1.61. The topological polar surface area (TPSA) is 29.5 Å². The maximum absolute atomic E-state index is 12.7. The van der Waals surface area contributed by atoms with Gasteiger partial charge in [0.2, 0.25) is 0 Å². The standard InChI is InChI=1S/C17H21NO2S/c1-3-11-20-13-14-7-6-10-18(12-14)17(19)15-8-4-5-9-16(15)21-2/h1,4-5,8-9,14H,6-7,10-13H2,2H3. The molecule has 0 aromatic heterocycles. The average molecular weight is 303 g/mol. The van der Waals surface area contributed by atoms with Crippen molar-refractivity contribution in [2.75, 3.05) is 32.6 Å². The first-order valence-corrected chi connectivity index (χ1v) is 8.42. The minimum atomic E-state index is 0.126. The van der Waals surface area contributed by atoms with E-state index in [0.29, 0.717) is 19.1 Å². The Kier molecular flexibility index (Phi) is 6.16. The van der Waals surface area contributed by atoms with Crippen molar-refractivity contribution < 1.29 is 9.53 Å². The molecule has 21 heavy (non-hydrogen) atoms. The molecule has 0 radical (unpaired) electrons. The average Bonchev–Trinajstić information content (AvgIpc) is 2.54. The molecule has 0 bridgehead atoms. The van der Waals surface area contributed by atoms with Crippen molar-refractivity contribution in [1.82, 2.24) is 4.90 Å². The lowest BCUT2D eigenvalue weighted by Crippen LogP contribution is -2.41. The second kappa shape index (κ2) is 8.11. The summed E-state index contributed by atoms with van der Waals surface area (Å²) in [5.41, 5.74) is 0.801.